The topological polar surface area (TPSA) is 90.2 Å². The molecule has 0 spiro atoms. The van der Waals surface area contributed by atoms with E-state index < -0.39 is 17.0 Å². The number of carbonyl (C=O) groups excluding carboxylic acids is 1. The maximum atomic E-state index is 11.1. The molecule has 1 aromatic carbocycles. The lowest BCUT2D eigenvalue weighted by Crippen LogP contribution is -2.03. The fourth-order valence-corrected chi connectivity index (χ4v) is 1.44. The fourth-order valence-electron chi connectivity index (χ4n) is 0.996. The third-order valence-electron chi connectivity index (χ3n) is 1.65. The third-order valence-corrected chi connectivity index (χ3v) is 2.27. The van der Waals surface area contributed by atoms with Crippen LogP contribution in [0.5, 0.6) is 0 Å². The lowest BCUT2D eigenvalue weighted by molar-refractivity contribution is 0.0600. The minimum absolute atomic E-state index is 0.0377. The number of benzene rings is 1. The molecule has 0 bridgehead atoms. The van der Waals surface area contributed by atoms with Gasteiger partial charge in [0.2, 0.25) is 0 Å². The van der Waals surface area contributed by atoms with E-state index >= 15 is 0 Å². The molecule has 1 rings (SSSR count). The summed E-state index contributed by atoms with van der Waals surface area (Å²) in [6, 6.07) is 5.35. The molecule has 1 atom stereocenters. The van der Waals surface area contributed by atoms with Crippen molar-refractivity contribution in [3.8, 4) is 6.07 Å². The molecule has 0 aliphatic carbocycles. The molecule has 15 heavy (non-hydrogen) atoms. The molecule has 0 aliphatic rings. The number of methoxy groups -OCH3 is 1. The van der Waals surface area contributed by atoms with Crippen LogP contribution >= 0.6 is 0 Å². The van der Waals surface area contributed by atoms with E-state index in [1.165, 1.54) is 19.2 Å². The quantitative estimate of drug-likeness (QED) is 0.541. The molecule has 0 fully saturated rings. The van der Waals surface area contributed by atoms with E-state index in [1.807, 2.05) is 0 Å². The fraction of sp³-hybridized carbons (Fsp3) is 0.111. The monoisotopic (exact) mass is 224 g/mol. The van der Waals surface area contributed by atoms with E-state index in [0.717, 1.165) is 6.07 Å². The van der Waals surface area contributed by atoms with Crippen LogP contribution in [0.25, 0.3) is 0 Å². The van der Waals surface area contributed by atoms with E-state index in [4.69, 9.17) is 5.26 Å². The minimum atomic E-state index is -2.48. The van der Waals surface area contributed by atoms with Gasteiger partial charge in [-0.1, -0.05) is 0 Å². The van der Waals surface area contributed by atoms with Crippen LogP contribution < -0.4 is 0 Å². The first kappa shape index (κ1) is 11.4. The number of ether oxygens (including phenoxy) is 1. The summed E-state index contributed by atoms with van der Waals surface area (Å²) in [4.78, 5) is 11.0. The maximum absolute atomic E-state index is 11.1. The summed E-state index contributed by atoms with van der Waals surface area (Å²) in [5, 5.41) is 8.62. The van der Waals surface area contributed by atoms with Crippen molar-refractivity contribution in [3.05, 3.63) is 29.3 Å². The number of nitriles is 1. The summed E-state index contributed by atoms with van der Waals surface area (Å²) in [7, 11) is 1.18. The van der Waals surface area contributed by atoms with Gasteiger partial charge in [-0.3, -0.25) is 4.21 Å². The average Bonchev–Trinajstić information content (AvgIpc) is 2.27. The zero-order valence-electron chi connectivity index (χ0n) is 7.72. The Balaban J connectivity index is 3.31. The number of hydrogen-bond acceptors (Lipinski definition) is 5. The lowest BCUT2D eigenvalue weighted by Gasteiger charge is -2.07. The first-order chi connectivity index (χ1) is 7.08. The van der Waals surface area contributed by atoms with E-state index in [2.05, 4.69) is 4.74 Å². The van der Waals surface area contributed by atoms with Crippen molar-refractivity contribution >= 4 is 17.0 Å². The Kier molecular flexibility index (Phi) is 3.55. The van der Waals surface area contributed by atoms with E-state index in [1.54, 1.807) is 6.07 Å². The summed E-state index contributed by atoms with van der Waals surface area (Å²) in [6.07, 6.45) is 0. The SMILES string of the molecule is COC(=O)c1cc(C#N)cc(S(=O)[O-])c1. The summed E-state index contributed by atoms with van der Waals surface area (Å²) in [5.74, 6) is -0.682. The molecule has 0 heterocycles. The Morgan fingerprint density at radius 2 is 2.20 bits per heavy atom. The van der Waals surface area contributed by atoms with Gasteiger partial charge in [0.15, 0.2) is 0 Å². The van der Waals surface area contributed by atoms with E-state index in [9.17, 15) is 13.6 Å². The number of esters is 1. The Morgan fingerprint density at radius 1 is 1.53 bits per heavy atom. The number of hydrogen-bond donors (Lipinski definition) is 0. The molecule has 0 aliphatic heterocycles. The van der Waals surface area contributed by atoms with Gasteiger partial charge in [-0.05, 0) is 29.3 Å². The van der Waals surface area contributed by atoms with Crippen LogP contribution in [0.2, 0.25) is 0 Å². The van der Waals surface area contributed by atoms with E-state index in [-0.39, 0.29) is 16.0 Å². The zero-order chi connectivity index (χ0) is 11.4. The second kappa shape index (κ2) is 4.68. The van der Waals surface area contributed by atoms with Crippen LogP contribution in [-0.2, 0) is 15.8 Å². The van der Waals surface area contributed by atoms with Crippen molar-refractivity contribution in [2.75, 3.05) is 7.11 Å². The van der Waals surface area contributed by atoms with Crippen molar-refractivity contribution in [2.24, 2.45) is 0 Å². The summed E-state index contributed by atoms with van der Waals surface area (Å²) < 4.78 is 25.8. The highest BCUT2D eigenvalue weighted by Crippen LogP contribution is 2.13. The smallest absolute Gasteiger partial charge is 0.337 e. The van der Waals surface area contributed by atoms with Gasteiger partial charge in [0.25, 0.3) is 0 Å². The van der Waals surface area contributed by atoms with Crippen molar-refractivity contribution < 1.29 is 18.3 Å². The average molecular weight is 224 g/mol. The molecule has 0 radical (unpaired) electrons. The highest BCUT2D eigenvalue weighted by molar-refractivity contribution is 7.79. The first-order valence-electron chi connectivity index (χ1n) is 3.81. The largest absolute Gasteiger partial charge is 0.768 e. The molecule has 0 N–H and O–H groups in total. The predicted octanol–water partition coefficient (Wildman–Crippen LogP) is 0.583. The van der Waals surface area contributed by atoms with Crippen molar-refractivity contribution in [1.29, 1.82) is 5.26 Å². The van der Waals surface area contributed by atoms with Crippen molar-refractivity contribution in [1.82, 2.24) is 0 Å². The Bertz CT molecular complexity index is 464. The van der Waals surface area contributed by atoms with Crippen molar-refractivity contribution in [3.63, 3.8) is 0 Å². The predicted molar refractivity (Wildman–Crippen MR) is 49.7 cm³/mol. The summed E-state index contributed by atoms with van der Waals surface area (Å²) >= 11 is -2.48. The Hall–Kier alpha value is -1.71. The van der Waals surface area contributed by atoms with Crippen LogP contribution in [0.15, 0.2) is 23.1 Å². The molecule has 78 valence electrons. The highest BCUT2D eigenvalue weighted by Gasteiger charge is 2.08. The molecule has 1 unspecified atom stereocenters. The van der Waals surface area contributed by atoms with Gasteiger partial charge in [-0.2, -0.15) is 5.26 Å². The number of carbonyl (C=O) groups is 1. The highest BCUT2D eigenvalue weighted by atomic mass is 32.2. The molecule has 5 nitrogen and oxygen atoms in total. The van der Waals surface area contributed by atoms with Crippen molar-refractivity contribution in [2.45, 2.75) is 4.90 Å². The molecule has 6 heteroatoms. The molecule has 0 saturated heterocycles. The number of rotatable bonds is 2. The van der Waals surface area contributed by atoms with Gasteiger partial charge in [-0.15, -0.1) is 0 Å². The second-order valence-electron chi connectivity index (χ2n) is 2.58. The molecule has 0 amide bonds. The molecular formula is C9H6NO4S-. The lowest BCUT2D eigenvalue weighted by atomic mass is 10.1. The normalized spacial score (nSPS) is 11.5. The Labute approximate surface area is 88.6 Å². The molecule has 0 aromatic heterocycles. The van der Waals surface area contributed by atoms with Crippen LogP contribution in [0.3, 0.4) is 0 Å². The second-order valence-corrected chi connectivity index (χ2v) is 3.52. The zero-order valence-corrected chi connectivity index (χ0v) is 8.54. The van der Waals surface area contributed by atoms with Gasteiger partial charge in [0.05, 0.1) is 24.3 Å². The van der Waals surface area contributed by atoms with Gasteiger partial charge < -0.3 is 9.29 Å². The standard InChI is InChI=1S/C9H7NO4S/c1-14-9(11)7-2-6(5-10)3-8(4-7)15(12)13/h2-4H,1H3,(H,12,13)/p-1. The Morgan fingerprint density at radius 3 is 2.67 bits per heavy atom. The van der Waals surface area contributed by atoms with Gasteiger partial charge in [0.1, 0.15) is 0 Å². The minimum Gasteiger partial charge on any atom is -0.768 e. The van der Waals surface area contributed by atoms with Crippen LogP contribution in [-0.4, -0.2) is 21.8 Å². The summed E-state index contributed by atoms with van der Waals surface area (Å²) in [5.41, 5.74) is 0.132. The van der Waals surface area contributed by atoms with E-state index in [0.29, 0.717) is 0 Å². The van der Waals surface area contributed by atoms with Crippen LogP contribution in [0, 0.1) is 11.3 Å². The molecule has 0 saturated carbocycles. The molecule has 1 aromatic rings. The molecular weight excluding hydrogens is 218 g/mol. The van der Waals surface area contributed by atoms with Gasteiger partial charge in [0, 0.05) is 4.90 Å². The first-order valence-corrected chi connectivity index (χ1v) is 4.88. The number of nitrogens with zero attached hydrogens (tertiary/aromatic N) is 1. The van der Waals surface area contributed by atoms with Gasteiger partial charge >= 0.3 is 5.97 Å². The third kappa shape index (κ3) is 2.62. The van der Waals surface area contributed by atoms with Gasteiger partial charge in [-0.25, -0.2) is 4.79 Å². The summed E-state index contributed by atoms with van der Waals surface area (Å²) in [6.45, 7) is 0. The maximum Gasteiger partial charge on any atom is 0.337 e. The van der Waals surface area contributed by atoms with Crippen LogP contribution in [0.1, 0.15) is 15.9 Å². The van der Waals surface area contributed by atoms with Crippen LogP contribution in [0.4, 0.5) is 0 Å².